The number of oxazole rings is 1. The number of hydrogen-bond acceptors (Lipinski definition) is 4. The molecular weight excluding hydrogens is 280 g/mol. The lowest BCUT2D eigenvalue weighted by atomic mass is 10.2. The molecule has 3 aromatic rings. The van der Waals surface area contributed by atoms with Crippen molar-refractivity contribution in [2.24, 2.45) is 0 Å². The van der Waals surface area contributed by atoms with E-state index in [1.165, 1.54) is 0 Å². The molecule has 0 fully saturated rings. The number of ether oxygens (including phenoxy) is 1. The third-order valence-electron chi connectivity index (χ3n) is 3.54. The number of aromatic nitrogens is 1. The maximum Gasteiger partial charge on any atom is 0.421 e. The molecule has 0 aliphatic heterocycles. The van der Waals surface area contributed by atoms with Gasteiger partial charge in [0.15, 0.2) is 5.58 Å². The van der Waals surface area contributed by atoms with Crippen molar-refractivity contribution >= 4 is 11.1 Å². The normalized spacial score (nSPS) is 11.2. The Morgan fingerprint density at radius 2 is 2.00 bits per heavy atom. The zero-order valence-corrected chi connectivity index (χ0v) is 12.7. The van der Waals surface area contributed by atoms with Crippen LogP contribution in [0.1, 0.15) is 5.56 Å². The van der Waals surface area contributed by atoms with Gasteiger partial charge in [0.25, 0.3) is 0 Å². The number of methoxy groups -OCH3 is 1. The molecule has 5 heteroatoms. The van der Waals surface area contributed by atoms with Gasteiger partial charge >= 0.3 is 5.76 Å². The number of hydrogen-bond donors (Lipinski definition) is 0. The molecular formula is C17H18N2O3. The molecule has 0 aliphatic rings. The van der Waals surface area contributed by atoms with Gasteiger partial charge < -0.3 is 9.15 Å². The smallest absolute Gasteiger partial charge is 0.421 e. The molecule has 0 atom stereocenters. The zero-order chi connectivity index (χ0) is 15.5. The Hall–Kier alpha value is -2.53. The van der Waals surface area contributed by atoms with Crippen LogP contribution in [0.4, 0.5) is 0 Å². The monoisotopic (exact) mass is 298 g/mol. The molecule has 1 aromatic heterocycles. The third-order valence-corrected chi connectivity index (χ3v) is 3.54. The lowest BCUT2D eigenvalue weighted by molar-refractivity contribution is 0.253. The molecule has 0 spiro atoms. The van der Waals surface area contributed by atoms with Gasteiger partial charge in [-0.15, -0.1) is 0 Å². The van der Waals surface area contributed by atoms with Crippen molar-refractivity contribution < 1.29 is 9.15 Å². The van der Waals surface area contributed by atoms with Crippen molar-refractivity contribution in [2.45, 2.75) is 13.2 Å². The van der Waals surface area contributed by atoms with Crippen LogP contribution in [0.3, 0.4) is 0 Å². The minimum absolute atomic E-state index is 0.335. The van der Waals surface area contributed by atoms with Gasteiger partial charge in [-0.25, -0.2) is 4.79 Å². The molecule has 114 valence electrons. The van der Waals surface area contributed by atoms with E-state index in [4.69, 9.17) is 9.15 Å². The van der Waals surface area contributed by atoms with Gasteiger partial charge in [0.05, 0.1) is 19.3 Å². The van der Waals surface area contributed by atoms with E-state index >= 15 is 0 Å². The topological polar surface area (TPSA) is 47.6 Å². The molecule has 0 aliphatic carbocycles. The van der Waals surface area contributed by atoms with E-state index < -0.39 is 0 Å². The fourth-order valence-corrected chi connectivity index (χ4v) is 2.52. The molecule has 22 heavy (non-hydrogen) atoms. The van der Waals surface area contributed by atoms with E-state index in [1.807, 2.05) is 49.5 Å². The number of nitrogens with zero attached hydrogens (tertiary/aromatic N) is 2. The van der Waals surface area contributed by atoms with Crippen molar-refractivity contribution in [3.63, 3.8) is 0 Å². The molecule has 0 saturated heterocycles. The van der Waals surface area contributed by atoms with Gasteiger partial charge in [-0.05, 0) is 36.9 Å². The van der Waals surface area contributed by atoms with E-state index in [0.717, 1.165) is 16.8 Å². The molecule has 0 bridgehead atoms. The Morgan fingerprint density at radius 1 is 1.18 bits per heavy atom. The SMILES string of the molecule is COc1cccc(CN(C)Cn2c(=O)oc3ccccc32)c1. The van der Waals surface area contributed by atoms with E-state index in [1.54, 1.807) is 17.7 Å². The van der Waals surface area contributed by atoms with Crippen LogP contribution in [-0.4, -0.2) is 23.6 Å². The highest BCUT2D eigenvalue weighted by Gasteiger charge is 2.10. The first kappa shape index (κ1) is 14.4. The van der Waals surface area contributed by atoms with E-state index in [-0.39, 0.29) is 5.76 Å². The number of para-hydroxylation sites is 2. The molecule has 0 amide bonds. The van der Waals surface area contributed by atoms with Crippen LogP contribution in [0.2, 0.25) is 0 Å². The number of benzene rings is 2. The fraction of sp³-hybridized carbons (Fsp3) is 0.235. The number of rotatable bonds is 5. The maximum atomic E-state index is 12.0. The van der Waals surface area contributed by atoms with Crippen molar-refractivity contribution in [2.75, 3.05) is 14.2 Å². The van der Waals surface area contributed by atoms with Crippen LogP contribution in [0.25, 0.3) is 11.1 Å². The van der Waals surface area contributed by atoms with Crippen LogP contribution in [0.5, 0.6) is 5.75 Å². The van der Waals surface area contributed by atoms with Crippen LogP contribution >= 0.6 is 0 Å². The summed E-state index contributed by atoms with van der Waals surface area (Å²) in [7, 11) is 3.62. The molecule has 5 nitrogen and oxygen atoms in total. The molecule has 0 unspecified atom stereocenters. The van der Waals surface area contributed by atoms with Gasteiger partial charge in [0.1, 0.15) is 5.75 Å². The molecule has 1 heterocycles. The summed E-state index contributed by atoms with van der Waals surface area (Å²) in [6.45, 7) is 1.18. The van der Waals surface area contributed by atoms with Crippen molar-refractivity contribution in [1.82, 2.24) is 9.47 Å². The lowest BCUT2D eigenvalue weighted by Crippen LogP contribution is -2.27. The summed E-state index contributed by atoms with van der Waals surface area (Å²) >= 11 is 0. The summed E-state index contributed by atoms with van der Waals surface area (Å²) in [4.78, 5) is 14.0. The van der Waals surface area contributed by atoms with Crippen LogP contribution in [0.15, 0.2) is 57.7 Å². The predicted octanol–water partition coefficient (Wildman–Crippen LogP) is 2.69. The van der Waals surface area contributed by atoms with Crippen LogP contribution < -0.4 is 10.5 Å². The zero-order valence-electron chi connectivity index (χ0n) is 12.7. The first-order chi connectivity index (χ1) is 10.7. The van der Waals surface area contributed by atoms with Crippen molar-refractivity contribution in [1.29, 1.82) is 0 Å². The van der Waals surface area contributed by atoms with E-state index in [9.17, 15) is 4.79 Å². The first-order valence-corrected chi connectivity index (χ1v) is 7.07. The Balaban J connectivity index is 1.79. The fourth-order valence-electron chi connectivity index (χ4n) is 2.52. The standard InChI is InChI=1S/C17H18N2O3/c1-18(11-13-6-5-7-14(10-13)21-2)12-19-15-8-3-4-9-16(15)22-17(19)20/h3-10H,11-12H2,1-2H3. The van der Waals surface area contributed by atoms with Crippen LogP contribution in [-0.2, 0) is 13.2 Å². The Labute approximate surface area is 128 Å². The molecule has 3 rings (SSSR count). The van der Waals surface area contributed by atoms with E-state index in [0.29, 0.717) is 18.8 Å². The van der Waals surface area contributed by atoms with Gasteiger partial charge in [0.2, 0.25) is 0 Å². The second-order valence-corrected chi connectivity index (χ2v) is 5.27. The highest BCUT2D eigenvalue weighted by Crippen LogP contribution is 2.15. The average molecular weight is 298 g/mol. The summed E-state index contributed by atoms with van der Waals surface area (Å²) in [5.41, 5.74) is 2.55. The molecule has 0 saturated carbocycles. The molecule has 0 N–H and O–H groups in total. The Morgan fingerprint density at radius 3 is 2.82 bits per heavy atom. The molecule has 0 radical (unpaired) electrons. The highest BCUT2D eigenvalue weighted by atomic mass is 16.5. The second-order valence-electron chi connectivity index (χ2n) is 5.27. The van der Waals surface area contributed by atoms with Crippen molar-refractivity contribution in [3.05, 3.63) is 64.6 Å². The van der Waals surface area contributed by atoms with Crippen molar-refractivity contribution in [3.8, 4) is 5.75 Å². The minimum atomic E-state index is -0.335. The largest absolute Gasteiger partial charge is 0.497 e. The van der Waals surface area contributed by atoms with Gasteiger partial charge in [0, 0.05) is 6.54 Å². The third kappa shape index (κ3) is 2.89. The Bertz CT molecular complexity index is 835. The second kappa shape index (κ2) is 6.07. The minimum Gasteiger partial charge on any atom is -0.497 e. The van der Waals surface area contributed by atoms with Crippen LogP contribution in [0, 0.1) is 0 Å². The predicted molar refractivity (Wildman–Crippen MR) is 84.9 cm³/mol. The van der Waals surface area contributed by atoms with E-state index in [2.05, 4.69) is 4.90 Å². The summed E-state index contributed by atoms with van der Waals surface area (Å²) < 4.78 is 12.1. The van der Waals surface area contributed by atoms with Gasteiger partial charge in [-0.2, -0.15) is 0 Å². The van der Waals surface area contributed by atoms with Gasteiger partial charge in [-0.1, -0.05) is 24.3 Å². The maximum absolute atomic E-state index is 12.0. The average Bonchev–Trinajstić information content (AvgIpc) is 2.83. The summed E-state index contributed by atoms with van der Waals surface area (Å²) in [5.74, 6) is 0.496. The lowest BCUT2D eigenvalue weighted by Gasteiger charge is -2.17. The van der Waals surface area contributed by atoms with Gasteiger partial charge in [-0.3, -0.25) is 9.47 Å². The highest BCUT2D eigenvalue weighted by molar-refractivity contribution is 5.72. The summed E-state index contributed by atoms with van der Waals surface area (Å²) in [6, 6.07) is 15.3. The summed E-state index contributed by atoms with van der Waals surface area (Å²) in [5, 5.41) is 0. The molecule has 2 aromatic carbocycles. The quantitative estimate of drug-likeness (QED) is 0.726. The first-order valence-electron chi connectivity index (χ1n) is 7.07. The number of fused-ring (bicyclic) bond motifs is 1. The summed E-state index contributed by atoms with van der Waals surface area (Å²) in [6.07, 6.45) is 0. The Kier molecular flexibility index (Phi) is 3.98.